The van der Waals surface area contributed by atoms with Crippen LogP contribution in [0.2, 0.25) is 5.02 Å². The third-order valence-electron chi connectivity index (χ3n) is 2.76. The quantitative estimate of drug-likeness (QED) is 0.871. The monoisotopic (exact) mass is 274 g/mol. The van der Waals surface area contributed by atoms with Crippen molar-refractivity contribution in [3.63, 3.8) is 0 Å². The minimum atomic E-state index is -1.11. The van der Waals surface area contributed by atoms with Gasteiger partial charge in [-0.1, -0.05) is 23.2 Å². The summed E-state index contributed by atoms with van der Waals surface area (Å²) in [4.78, 5) is 23.5. The number of carbonyl (C=O) groups excluding carboxylic acids is 1. The highest BCUT2D eigenvalue weighted by molar-refractivity contribution is 6.30. The van der Waals surface area contributed by atoms with E-state index in [0.717, 1.165) is 5.56 Å². The van der Waals surface area contributed by atoms with Crippen LogP contribution in [0, 0.1) is 6.92 Å². The van der Waals surface area contributed by atoms with E-state index >= 15 is 0 Å². The minimum absolute atomic E-state index is 0.00514. The molecule has 0 saturated carbocycles. The molecule has 0 radical (unpaired) electrons. The van der Waals surface area contributed by atoms with E-state index in [4.69, 9.17) is 16.7 Å². The second-order valence-electron chi connectivity index (χ2n) is 4.19. The Hall–Kier alpha value is -2.13. The van der Waals surface area contributed by atoms with E-state index in [1.165, 1.54) is 6.07 Å². The zero-order chi connectivity index (χ0) is 14.0. The van der Waals surface area contributed by atoms with Crippen molar-refractivity contribution < 1.29 is 14.7 Å². The first-order valence-corrected chi connectivity index (χ1v) is 6.01. The highest BCUT2D eigenvalue weighted by Gasteiger charge is 2.17. The number of aromatic carboxylic acids is 1. The highest BCUT2D eigenvalue weighted by atomic mass is 35.5. The number of rotatable bonds is 3. The molecule has 0 bridgehead atoms. The molecule has 0 spiro atoms. The molecule has 3 nitrogen and oxygen atoms in total. The summed E-state index contributed by atoms with van der Waals surface area (Å²) >= 11 is 5.76. The van der Waals surface area contributed by atoms with E-state index < -0.39 is 5.97 Å². The zero-order valence-corrected chi connectivity index (χ0v) is 10.9. The van der Waals surface area contributed by atoms with Crippen LogP contribution in [0.3, 0.4) is 0 Å². The fraction of sp³-hybridized carbons (Fsp3) is 0.0667. The normalized spacial score (nSPS) is 10.2. The van der Waals surface area contributed by atoms with Gasteiger partial charge in [0, 0.05) is 16.1 Å². The molecular weight excluding hydrogens is 264 g/mol. The van der Waals surface area contributed by atoms with Crippen LogP contribution in [0.1, 0.15) is 31.8 Å². The van der Waals surface area contributed by atoms with Crippen molar-refractivity contribution in [2.75, 3.05) is 0 Å². The van der Waals surface area contributed by atoms with Gasteiger partial charge in [-0.05, 0) is 43.3 Å². The third kappa shape index (κ3) is 2.83. The summed E-state index contributed by atoms with van der Waals surface area (Å²) < 4.78 is 0. The Morgan fingerprint density at radius 3 is 2.21 bits per heavy atom. The molecule has 0 saturated heterocycles. The number of halogens is 1. The number of carbonyl (C=O) groups is 2. The van der Waals surface area contributed by atoms with Crippen molar-refractivity contribution in [3.05, 3.63) is 69.7 Å². The van der Waals surface area contributed by atoms with Gasteiger partial charge in [-0.15, -0.1) is 0 Å². The SMILES string of the molecule is Cc1ccc(C(=O)O)c(C(=O)c2ccc(Cl)cc2)c1. The lowest BCUT2D eigenvalue weighted by Gasteiger charge is -2.06. The minimum Gasteiger partial charge on any atom is -0.478 e. The highest BCUT2D eigenvalue weighted by Crippen LogP contribution is 2.18. The Morgan fingerprint density at radius 2 is 1.63 bits per heavy atom. The van der Waals surface area contributed by atoms with Crippen LogP contribution < -0.4 is 0 Å². The topological polar surface area (TPSA) is 54.4 Å². The molecule has 0 amide bonds. The molecule has 0 aliphatic carbocycles. The molecule has 2 aromatic carbocycles. The molecule has 0 unspecified atom stereocenters. The van der Waals surface area contributed by atoms with E-state index in [-0.39, 0.29) is 16.9 Å². The van der Waals surface area contributed by atoms with Gasteiger partial charge < -0.3 is 5.11 Å². The molecule has 96 valence electrons. The van der Waals surface area contributed by atoms with Gasteiger partial charge in [0.2, 0.25) is 0 Å². The van der Waals surface area contributed by atoms with Crippen molar-refractivity contribution in [3.8, 4) is 0 Å². The average molecular weight is 275 g/mol. The fourth-order valence-electron chi connectivity index (χ4n) is 1.79. The van der Waals surface area contributed by atoms with E-state index in [0.29, 0.717) is 10.6 Å². The fourth-order valence-corrected chi connectivity index (χ4v) is 1.92. The molecule has 4 heteroatoms. The lowest BCUT2D eigenvalue weighted by molar-refractivity contribution is 0.0693. The molecule has 0 fully saturated rings. The van der Waals surface area contributed by atoms with Gasteiger partial charge in [-0.25, -0.2) is 4.79 Å². The molecule has 1 N–H and O–H groups in total. The number of carboxylic acid groups (broad SMARTS) is 1. The van der Waals surface area contributed by atoms with Gasteiger partial charge in [0.15, 0.2) is 5.78 Å². The molecule has 0 aromatic heterocycles. The van der Waals surface area contributed by atoms with Gasteiger partial charge in [0.25, 0.3) is 0 Å². The number of benzene rings is 2. The van der Waals surface area contributed by atoms with E-state index in [2.05, 4.69) is 0 Å². The van der Waals surface area contributed by atoms with Crippen molar-refractivity contribution in [1.82, 2.24) is 0 Å². The first kappa shape index (κ1) is 13.3. The summed E-state index contributed by atoms with van der Waals surface area (Å²) in [5, 5.41) is 9.65. The predicted molar refractivity (Wildman–Crippen MR) is 73.0 cm³/mol. The maximum Gasteiger partial charge on any atom is 0.336 e. The smallest absolute Gasteiger partial charge is 0.336 e. The van der Waals surface area contributed by atoms with Gasteiger partial charge >= 0.3 is 5.97 Å². The number of aryl methyl sites for hydroxylation is 1. The summed E-state index contributed by atoms with van der Waals surface area (Å²) in [6.07, 6.45) is 0. The Kier molecular flexibility index (Phi) is 3.67. The maximum atomic E-state index is 12.3. The van der Waals surface area contributed by atoms with Gasteiger partial charge in [-0.2, -0.15) is 0 Å². The predicted octanol–water partition coefficient (Wildman–Crippen LogP) is 3.58. The molecule has 0 heterocycles. The lowest BCUT2D eigenvalue weighted by Crippen LogP contribution is -2.10. The van der Waals surface area contributed by atoms with Gasteiger partial charge in [0.05, 0.1) is 5.56 Å². The third-order valence-corrected chi connectivity index (χ3v) is 3.01. The first-order valence-electron chi connectivity index (χ1n) is 5.63. The molecular formula is C15H11ClO3. The summed E-state index contributed by atoms with van der Waals surface area (Å²) in [6, 6.07) is 11.1. The van der Waals surface area contributed by atoms with E-state index in [9.17, 15) is 9.59 Å². The number of hydrogen-bond acceptors (Lipinski definition) is 2. The summed E-state index contributed by atoms with van der Waals surface area (Å²) in [6.45, 7) is 1.81. The Morgan fingerprint density at radius 1 is 1.00 bits per heavy atom. The Labute approximate surface area is 115 Å². The molecule has 0 atom stereocenters. The van der Waals surface area contributed by atoms with Crippen LogP contribution in [0.4, 0.5) is 0 Å². The first-order chi connectivity index (χ1) is 8.99. The van der Waals surface area contributed by atoms with Crippen LogP contribution in [-0.2, 0) is 0 Å². The van der Waals surface area contributed by atoms with Gasteiger partial charge in [-0.3, -0.25) is 4.79 Å². The lowest BCUT2D eigenvalue weighted by atomic mass is 9.96. The van der Waals surface area contributed by atoms with Gasteiger partial charge in [0.1, 0.15) is 0 Å². The standard InChI is InChI=1S/C15H11ClO3/c1-9-2-7-12(15(18)19)13(8-9)14(17)10-3-5-11(16)6-4-10/h2-8H,1H3,(H,18,19). The summed E-state index contributed by atoms with van der Waals surface area (Å²) in [5.41, 5.74) is 1.44. The van der Waals surface area contributed by atoms with E-state index in [1.807, 2.05) is 6.92 Å². The van der Waals surface area contributed by atoms with Crippen LogP contribution in [0.15, 0.2) is 42.5 Å². The van der Waals surface area contributed by atoms with Crippen molar-refractivity contribution >= 4 is 23.4 Å². The second kappa shape index (κ2) is 5.24. The average Bonchev–Trinajstić information content (AvgIpc) is 2.38. The molecule has 0 aliphatic rings. The second-order valence-corrected chi connectivity index (χ2v) is 4.63. The largest absolute Gasteiger partial charge is 0.478 e. The number of hydrogen-bond donors (Lipinski definition) is 1. The van der Waals surface area contributed by atoms with Crippen molar-refractivity contribution in [1.29, 1.82) is 0 Å². The maximum absolute atomic E-state index is 12.3. The van der Waals surface area contributed by atoms with Crippen LogP contribution in [-0.4, -0.2) is 16.9 Å². The zero-order valence-electron chi connectivity index (χ0n) is 10.2. The molecule has 19 heavy (non-hydrogen) atoms. The Balaban J connectivity index is 2.51. The molecule has 0 aliphatic heterocycles. The van der Waals surface area contributed by atoms with Crippen LogP contribution in [0.25, 0.3) is 0 Å². The number of carboxylic acids is 1. The number of ketones is 1. The molecule has 2 aromatic rings. The molecule has 2 rings (SSSR count). The van der Waals surface area contributed by atoms with E-state index in [1.54, 1.807) is 36.4 Å². The van der Waals surface area contributed by atoms with Crippen molar-refractivity contribution in [2.45, 2.75) is 6.92 Å². The van der Waals surface area contributed by atoms with Crippen molar-refractivity contribution in [2.24, 2.45) is 0 Å². The summed E-state index contributed by atoms with van der Waals surface area (Å²) in [7, 11) is 0. The Bertz CT molecular complexity index is 645. The van der Waals surface area contributed by atoms with Crippen LogP contribution in [0.5, 0.6) is 0 Å². The van der Waals surface area contributed by atoms with Crippen LogP contribution >= 0.6 is 11.6 Å². The summed E-state index contributed by atoms with van der Waals surface area (Å²) in [5.74, 6) is -1.44.